The lowest BCUT2D eigenvalue weighted by Crippen LogP contribution is -2.41. The first-order valence-electron chi connectivity index (χ1n) is 8.83. The van der Waals surface area contributed by atoms with Gasteiger partial charge in [-0.3, -0.25) is 0 Å². The van der Waals surface area contributed by atoms with Crippen LogP contribution in [0.3, 0.4) is 0 Å². The Morgan fingerprint density at radius 3 is 2.48 bits per heavy atom. The molecule has 0 fully saturated rings. The molecule has 2 aromatic carbocycles. The summed E-state index contributed by atoms with van der Waals surface area (Å²) < 4.78 is 10.5. The molecule has 0 aromatic heterocycles. The van der Waals surface area contributed by atoms with Gasteiger partial charge >= 0.3 is 6.03 Å². The molecule has 2 N–H and O–H groups in total. The Balaban J connectivity index is 1.56. The number of urea groups is 1. The molecule has 0 unspecified atom stereocenters. The summed E-state index contributed by atoms with van der Waals surface area (Å²) >= 11 is 0. The van der Waals surface area contributed by atoms with Gasteiger partial charge in [0.2, 0.25) is 0 Å². The Hall–Kier alpha value is -3.15. The molecule has 6 nitrogen and oxygen atoms in total. The molecule has 0 saturated carbocycles. The van der Waals surface area contributed by atoms with Gasteiger partial charge in [0.25, 0.3) is 0 Å². The summed E-state index contributed by atoms with van der Waals surface area (Å²) in [7, 11) is 3.18. The van der Waals surface area contributed by atoms with Crippen LogP contribution >= 0.6 is 0 Å². The van der Waals surface area contributed by atoms with Gasteiger partial charge < -0.3 is 24.8 Å². The number of ether oxygens (including phenoxy) is 2. The number of nitrogens with one attached hydrogen (secondary N) is 1. The van der Waals surface area contributed by atoms with Crippen LogP contribution in [0.4, 0.5) is 4.79 Å². The number of hydrogen-bond donors (Lipinski definition) is 2. The molecular formula is C21H24N2O4. The number of nitrogens with zero attached hydrogens (tertiary/aromatic N) is 1. The van der Waals surface area contributed by atoms with E-state index < -0.39 is 0 Å². The van der Waals surface area contributed by atoms with Gasteiger partial charge in [0.15, 0.2) is 11.5 Å². The largest absolute Gasteiger partial charge is 0.508 e. The second-order valence-corrected chi connectivity index (χ2v) is 6.32. The van der Waals surface area contributed by atoms with Crippen LogP contribution in [0, 0.1) is 0 Å². The molecule has 2 amide bonds. The Morgan fingerprint density at radius 2 is 1.85 bits per heavy atom. The Bertz CT molecular complexity index is 831. The normalized spacial score (nSPS) is 13.7. The number of hydrogen-bond acceptors (Lipinski definition) is 4. The lowest BCUT2D eigenvalue weighted by Gasteiger charge is -2.27. The number of carbonyl (C=O) groups is 1. The highest BCUT2D eigenvalue weighted by Gasteiger charge is 2.18. The number of phenolic OH excluding ortho intramolecular Hbond substituents is 1. The molecule has 0 radical (unpaired) electrons. The lowest BCUT2D eigenvalue weighted by atomic mass is 9.99. The topological polar surface area (TPSA) is 71.0 Å². The highest BCUT2D eigenvalue weighted by molar-refractivity contribution is 5.76. The van der Waals surface area contributed by atoms with Gasteiger partial charge in [0, 0.05) is 19.6 Å². The third kappa shape index (κ3) is 4.53. The van der Waals surface area contributed by atoms with E-state index in [1.807, 2.05) is 30.3 Å². The minimum absolute atomic E-state index is 0.0919. The molecule has 1 aliphatic rings. The van der Waals surface area contributed by atoms with E-state index >= 15 is 0 Å². The second-order valence-electron chi connectivity index (χ2n) is 6.32. The minimum atomic E-state index is -0.0919. The summed E-state index contributed by atoms with van der Waals surface area (Å²) in [5.74, 6) is 1.56. The van der Waals surface area contributed by atoms with E-state index in [-0.39, 0.29) is 11.8 Å². The molecule has 0 spiro atoms. The average Bonchev–Trinajstić information content (AvgIpc) is 2.72. The number of aromatic hydroxyl groups is 1. The van der Waals surface area contributed by atoms with E-state index in [2.05, 4.69) is 11.4 Å². The zero-order valence-corrected chi connectivity index (χ0v) is 15.6. The van der Waals surface area contributed by atoms with Crippen LogP contribution in [0.2, 0.25) is 0 Å². The van der Waals surface area contributed by atoms with Crippen molar-refractivity contribution in [3.05, 3.63) is 59.7 Å². The number of phenols is 1. The van der Waals surface area contributed by atoms with E-state index in [1.54, 1.807) is 31.3 Å². The maximum Gasteiger partial charge on any atom is 0.317 e. The van der Waals surface area contributed by atoms with Crippen LogP contribution in [-0.4, -0.2) is 43.3 Å². The SMILES string of the molecule is COc1ccc(CNC(=O)N2CC=C(c3ccc(O)cc3)CC2)cc1OC. The molecule has 0 saturated heterocycles. The summed E-state index contributed by atoms with van der Waals surface area (Å²) in [4.78, 5) is 14.2. The Morgan fingerprint density at radius 1 is 1.11 bits per heavy atom. The van der Waals surface area contributed by atoms with Crippen molar-refractivity contribution in [2.24, 2.45) is 0 Å². The van der Waals surface area contributed by atoms with Gasteiger partial charge in [0.1, 0.15) is 5.75 Å². The molecule has 27 heavy (non-hydrogen) atoms. The lowest BCUT2D eigenvalue weighted by molar-refractivity contribution is 0.202. The van der Waals surface area contributed by atoms with Crippen molar-refractivity contribution in [2.75, 3.05) is 27.3 Å². The van der Waals surface area contributed by atoms with Crippen molar-refractivity contribution in [1.82, 2.24) is 10.2 Å². The van der Waals surface area contributed by atoms with Crippen LogP contribution in [0.5, 0.6) is 17.2 Å². The third-order valence-corrected chi connectivity index (χ3v) is 4.63. The Labute approximate surface area is 159 Å². The van der Waals surface area contributed by atoms with Crippen molar-refractivity contribution in [3.8, 4) is 17.2 Å². The van der Waals surface area contributed by atoms with Crippen molar-refractivity contribution < 1.29 is 19.4 Å². The molecule has 1 heterocycles. The maximum absolute atomic E-state index is 12.4. The van der Waals surface area contributed by atoms with E-state index in [0.717, 1.165) is 17.5 Å². The summed E-state index contributed by atoms with van der Waals surface area (Å²) in [6, 6.07) is 12.6. The number of methoxy groups -OCH3 is 2. The zero-order chi connectivity index (χ0) is 19.2. The van der Waals surface area contributed by atoms with Crippen LogP contribution < -0.4 is 14.8 Å². The van der Waals surface area contributed by atoms with Crippen LogP contribution in [0.25, 0.3) is 5.57 Å². The average molecular weight is 368 g/mol. The first-order valence-corrected chi connectivity index (χ1v) is 8.83. The second kappa shape index (κ2) is 8.49. The summed E-state index contributed by atoms with van der Waals surface area (Å²) in [6.45, 7) is 1.64. The van der Waals surface area contributed by atoms with E-state index in [4.69, 9.17) is 9.47 Å². The van der Waals surface area contributed by atoms with Gasteiger partial charge in [-0.1, -0.05) is 24.3 Å². The molecule has 6 heteroatoms. The number of benzene rings is 2. The van der Waals surface area contributed by atoms with Gasteiger partial charge in [0.05, 0.1) is 14.2 Å². The van der Waals surface area contributed by atoms with Crippen molar-refractivity contribution >= 4 is 11.6 Å². The number of rotatable bonds is 5. The van der Waals surface area contributed by atoms with Gasteiger partial charge in [-0.05, 0) is 47.4 Å². The molecule has 0 aliphatic carbocycles. The quantitative estimate of drug-likeness (QED) is 0.848. The first-order chi connectivity index (χ1) is 13.1. The number of amides is 2. The molecule has 1 aliphatic heterocycles. The fraction of sp³-hybridized carbons (Fsp3) is 0.286. The van der Waals surface area contributed by atoms with Crippen LogP contribution in [0.1, 0.15) is 17.5 Å². The van der Waals surface area contributed by atoms with Gasteiger partial charge in [-0.2, -0.15) is 0 Å². The fourth-order valence-corrected chi connectivity index (χ4v) is 3.07. The van der Waals surface area contributed by atoms with Gasteiger partial charge in [-0.25, -0.2) is 4.79 Å². The summed E-state index contributed by atoms with van der Waals surface area (Å²) in [5, 5.41) is 12.3. The molecule has 3 rings (SSSR count). The smallest absolute Gasteiger partial charge is 0.317 e. The maximum atomic E-state index is 12.4. The molecule has 142 valence electrons. The highest BCUT2D eigenvalue weighted by Crippen LogP contribution is 2.27. The predicted octanol–water partition coefficient (Wildman–Crippen LogP) is 3.41. The monoisotopic (exact) mass is 368 g/mol. The minimum Gasteiger partial charge on any atom is -0.508 e. The summed E-state index contributed by atoms with van der Waals surface area (Å²) in [5.41, 5.74) is 3.22. The summed E-state index contributed by atoms with van der Waals surface area (Å²) in [6.07, 6.45) is 2.85. The molecular weight excluding hydrogens is 344 g/mol. The van der Waals surface area contributed by atoms with Crippen molar-refractivity contribution in [3.63, 3.8) is 0 Å². The van der Waals surface area contributed by atoms with Gasteiger partial charge in [-0.15, -0.1) is 0 Å². The van der Waals surface area contributed by atoms with Crippen LogP contribution in [0.15, 0.2) is 48.5 Å². The van der Waals surface area contributed by atoms with Crippen LogP contribution in [-0.2, 0) is 6.54 Å². The van der Waals surface area contributed by atoms with E-state index in [0.29, 0.717) is 31.1 Å². The number of carbonyl (C=O) groups excluding carboxylic acids is 1. The predicted molar refractivity (Wildman–Crippen MR) is 104 cm³/mol. The standard InChI is InChI=1S/C21H24N2O4/c1-26-19-8-3-15(13-20(19)27-2)14-22-21(25)23-11-9-17(10-12-23)16-4-6-18(24)7-5-16/h3-9,13,24H,10-12,14H2,1-2H3,(H,22,25). The van der Waals surface area contributed by atoms with Crippen molar-refractivity contribution in [2.45, 2.75) is 13.0 Å². The molecule has 2 aromatic rings. The Kier molecular flexibility index (Phi) is 5.86. The zero-order valence-electron chi connectivity index (χ0n) is 15.6. The highest BCUT2D eigenvalue weighted by atomic mass is 16.5. The fourth-order valence-electron chi connectivity index (χ4n) is 3.07. The van der Waals surface area contributed by atoms with E-state index in [1.165, 1.54) is 5.57 Å². The first kappa shape index (κ1) is 18.6. The van der Waals surface area contributed by atoms with Crippen molar-refractivity contribution in [1.29, 1.82) is 0 Å². The third-order valence-electron chi connectivity index (χ3n) is 4.63. The molecule has 0 bridgehead atoms. The van der Waals surface area contributed by atoms with E-state index in [9.17, 15) is 9.90 Å². The molecule has 0 atom stereocenters.